The van der Waals surface area contributed by atoms with Gasteiger partial charge in [-0.05, 0) is 22.0 Å². The molecule has 1 rings (SSSR count). The van der Waals surface area contributed by atoms with Crippen LogP contribution in [-0.2, 0) is 4.79 Å². The highest BCUT2D eigenvalue weighted by Crippen LogP contribution is 2.19. The molecule has 0 aliphatic heterocycles. The van der Waals surface area contributed by atoms with Crippen molar-refractivity contribution in [3.63, 3.8) is 0 Å². The molecule has 0 fully saturated rings. The number of carbonyl (C=O) groups is 1. The lowest BCUT2D eigenvalue weighted by Gasteiger charge is -1.97. The Morgan fingerprint density at radius 1 is 1.40 bits per heavy atom. The van der Waals surface area contributed by atoms with Crippen molar-refractivity contribution in [2.75, 3.05) is 0 Å². The topological polar surface area (TPSA) is 37.3 Å². The van der Waals surface area contributed by atoms with E-state index in [2.05, 4.69) is 15.9 Å². The second-order valence-corrected chi connectivity index (χ2v) is 3.55. The number of carboxylic acids is 1. The van der Waals surface area contributed by atoms with Crippen LogP contribution >= 0.6 is 15.9 Å². The first-order valence-electron chi connectivity index (χ1n) is 4.13. The Hall–Kier alpha value is -1.42. The highest BCUT2D eigenvalue weighted by atomic mass is 79.9. The lowest BCUT2D eigenvalue weighted by Crippen LogP contribution is -1.85. The minimum absolute atomic E-state index is 0.363. The number of allylic oxidation sites excluding steroid dienone is 2. The molecule has 0 heterocycles. The van der Waals surface area contributed by atoms with Crippen LogP contribution in [0.25, 0.3) is 6.08 Å². The third-order valence-electron chi connectivity index (χ3n) is 1.61. The Bertz CT molecular complexity index is 425. The molecule has 0 unspecified atom stereocenters. The van der Waals surface area contributed by atoms with E-state index in [1.807, 2.05) is 0 Å². The van der Waals surface area contributed by atoms with E-state index in [4.69, 9.17) is 5.11 Å². The predicted octanol–water partition coefficient (Wildman–Crippen LogP) is 3.24. The van der Waals surface area contributed by atoms with Crippen LogP contribution in [0.1, 0.15) is 5.56 Å². The van der Waals surface area contributed by atoms with Gasteiger partial charge in [0.2, 0.25) is 0 Å². The van der Waals surface area contributed by atoms with Crippen molar-refractivity contribution in [1.29, 1.82) is 0 Å². The second-order valence-electron chi connectivity index (χ2n) is 2.70. The van der Waals surface area contributed by atoms with Gasteiger partial charge in [-0.25, -0.2) is 9.18 Å². The summed E-state index contributed by atoms with van der Waals surface area (Å²) in [7, 11) is 0. The first-order chi connectivity index (χ1) is 7.11. The van der Waals surface area contributed by atoms with Gasteiger partial charge in [0.05, 0.1) is 4.47 Å². The molecule has 0 saturated carbocycles. The molecule has 0 bridgehead atoms. The van der Waals surface area contributed by atoms with Gasteiger partial charge in [0.25, 0.3) is 0 Å². The number of rotatable bonds is 3. The third kappa shape index (κ3) is 3.67. The van der Waals surface area contributed by atoms with Gasteiger partial charge in [0, 0.05) is 11.6 Å². The summed E-state index contributed by atoms with van der Waals surface area (Å²) in [6, 6.07) is 4.90. The molecule has 2 nitrogen and oxygen atoms in total. The summed E-state index contributed by atoms with van der Waals surface area (Å²) in [5.41, 5.74) is 0.402. The van der Waals surface area contributed by atoms with E-state index >= 15 is 0 Å². The third-order valence-corrected chi connectivity index (χ3v) is 2.22. The number of hydrogen-bond donors (Lipinski definition) is 1. The molecule has 0 aliphatic rings. The monoisotopic (exact) mass is 270 g/mol. The van der Waals surface area contributed by atoms with Gasteiger partial charge in [-0.1, -0.05) is 30.4 Å². The Kier molecular flexibility index (Phi) is 4.24. The average Bonchev–Trinajstić information content (AvgIpc) is 2.18. The minimum Gasteiger partial charge on any atom is -0.478 e. The molecular formula is C11H8BrFO2. The number of halogens is 2. The molecular weight excluding hydrogens is 263 g/mol. The van der Waals surface area contributed by atoms with Crippen LogP contribution in [0.2, 0.25) is 0 Å². The first kappa shape index (κ1) is 11.7. The smallest absolute Gasteiger partial charge is 0.328 e. The van der Waals surface area contributed by atoms with Crippen molar-refractivity contribution in [2.45, 2.75) is 0 Å². The van der Waals surface area contributed by atoms with E-state index in [1.54, 1.807) is 18.2 Å². The largest absolute Gasteiger partial charge is 0.478 e. The van der Waals surface area contributed by atoms with Crippen LogP contribution in [0, 0.1) is 5.82 Å². The molecule has 0 aromatic heterocycles. The SMILES string of the molecule is O=C(O)/C=C/C=C/c1cccc(Br)c1F. The second kappa shape index (κ2) is 5.46. The highest BCUT2D eigenvalue weighted by Gasteiger charge is 2.01. The summed E-state index contributed by atoms with van der Waals surface area (Å²) in [5, 5.41) is 8.31. The summed E-state index contributed by atoms with van der Waals surface area (Å²) in [6.07, 6.45) is 5.29. The van der Waals surface area contributed by atoms with Crippen molar-refractivity contribution in [2.24, 2.45) is 0 Å². The van der Waals surface area contributed by atoms with Crippen molar-refractivity contribution >= 4 is 28.0 Å². The molecule has 0 atom stereocenters. The number of aliphatic carboxylic acids is 1. The fourth-order valence-corrected chi connectivity index (χ4v) is 1.33. The van der Waals surface area contributed by atoms with Crippen molar-refractivity contribution in [1.82, 2.24) is 0 Å². The highest BCUT2D eigenvalue weighted by molar-refractivity contribution is 9.10. The van der Waals surface area contributed by atoms with E-state index in [1.165, 1.54) is 18.2 Å². The summed E-state index contributed by atoms with van der Waals surface area (Å²) < 4.78 is 13.7. The fourth-order valence-electron chi connectivity index (χ4n) is 0.946. The minimum atomic E-state index is -1.03. The van der Waals surface area contributed by atoms with Crippen molar-refractivity contribution in [3.05, 3.63) is 52.3 Å². The number of carboxylic acid groups (broad SMARTS) is 1. The maximum Gasteiger partial charge on any atom is 0.328 e. The van der Waals surface area contributed by atoms with Gasteiger partial charge in [0.15, 0.2) is 0 Å². The van der Waals surface area contributed by atoms with Crippen LogP contribution in [0.15, 0.2) is 40.9 Å². The lowest BCUT2D eigenvalue weighted by molar-refractivity contribution is -0.131. The average molecular weight is 271 g/mol. The Morgan fingerprint density at radius 2 is 2.13 bits per heavy atom. The normalized spacial score (nSPS) is 11.3. The van der Waals surface area contributed by atoms with E-state index in [0.29, 0.717) is 10.0 Å². The predicted molar refractivity (Wildman–Crippen MR) is 59.9 cm³/mol. The molecule has 0 saturated heterocycles. The molecule has 0 amide bonds. The lowest BCUT2D eigenvalue weighted by atomic mass is 10.2. The molecule has 0 aliphatic carbocycles. The van der Waals surface area contributed by atoms with Gasteiger partial charge in [-0.2, -0.15) is 0 Å². The van der Waals surface area contributed by atoms with E-state index in [0.717, 1.165) is 6.08 Å². The van der Waals surface area contributed by atoms with E-state index in [9.17, 15) is 9.18 Å². The molecule has 4 heteroatoms. The molecule has 15 heavy (non-hydrogen) atoms. The van der Waals surface area contributed by atoms with Crippen molar-refractivity contribution < 1.29 is 14.3 Å². The molecule has 1 N–H and O–H groups in total. The Labute approximate surface area is 94.9 Å². The maximum absolute atomic E-state index is 13.3. The quantitative estimate of drug-likeness (QED) is 0.676. The van der Waals surface area contributed by atoms with E-state index < -0.39 is 5.97 Å². The van der Waals surface area contributed by atoms with Crippen LogP contribution in [0.4, 0.5) is 4.39 Å². The molecule has 78 valence electrons. The van der Waals surface area contributed by atoms with Gasteiger partial charge in [-0.15, -0.1) is 0 Å². The molecule has 0 spiro atoms. The zero-order valence-corrected chi connectivity index (χ0v) is 9.24. The zero-order chi connectivity index (χ0) is 11.3. The standard InChI is InChI=1S/C11H8BrFO2/c12-9-6-3-5-8(11(9)13)4-1-2-7-10(14)15/h1-7H,(H,14,15)/b4-1+,7-2+. The Morgan fingerprint density at radius 3 is 2.80 bits per heavy atom. The van der Waals surface area contributed by atoms with E-state index in [-0.39, 0.29) is 5.82 Å². The van der Waals surface area contributed by atoms with Crippen LogP contribution < -0.4 is 0 Å². The van der Waals surface area contributed by atoms with Crippen LogP contribution in [0.3, 0.4) is 0 Å². The van der Waals surface area contributed by atoms with Gasteiger partial charge in [-0.3, -0.25) is 0 Å². The summed E-state index contributed by atoms with van der Waals surface area (Å²) in [5.74, 6) is -1.40. The zero-order valence-electron chi connectivity index (χ0n) is 7.65. The molecule has 1 aromatic carbocycles. The Balaban J connectivity index is 2.81. The molecule has 1 aromatic rings. The van der Waals surface area contributed by atoms with Gasteiger partial charge >= 0.3 is 5.97 Å². The number of benzene rings is 1. The fraction of sp³-hybridized carbons (Fsp3) is 0. The number of hydrogen-bond acceptors (Lipinski definition) is 1. The summed E-state index contributed by atoms with van der Waals surface area (Å²) in [4.78, 5) is 10.1. The first-order valence-corrected chi connectivity index (χ1v) is 4.92. The van der Waals surface area contributed by atoms with Crippen LogP contribution in [0.5, 0.6) is 0 Å². The van der Waals surface area contributed by atoms with Gasteiger partial charge < -0.3 is 5.11 Å². The maximum atomic E-state index is 13.3. The van der Waals surface area contributed by atoms with Crippen LogP contribution in [-0.4, -0.2) is 11.1 Å². The summed E-state index contributed by atoms with van der Waals surface area (Å²) in [6.45, 7) is 0. The summed E-state index contributed by atoms with van der Waals surface area (Å²) >= 11 is 3.06. The molecule has 0 radical (unpaired) electrons. The van der Waals surface area contributed by atoms with Crippen molar-refractivity contribution in [3.8, 4) is 0 Å². The van der Waals surface area contributed by atoms with Gasteiger partial charge in [0.1, 0.15) is 5.82 Å².